The number of anilines is 2. The Morgan fingerprint density at radius 3 is 2.50 bits per heavy atom. The molecular weight excluding hydrogens is 366 g/mol. The maximum absolute atomic E-state index is 13.3. The minimum absolute atomic E-state index is 0.0797. The van der Waals surface area contributed by atoms with E-state index in [1.807, 2.05) is 0 Å². The van der Waals surface area contributed by atoms with Crippen molar-refractivity contribution in [3.63, 3.8) is 0 Å². The molecule has 9 heteroatoms. The van der Waals surface area contributed by atoms with Gasteiger partial charge >= 0.3 is 0 Å². The Morgan fingerprint density at radius 1 is 1.12 bits per heavy atom. The van der Waals surface area contributed by atoms with Gasteiger partial charge in [0.15, 0.2) is 11.6 Å². The Morgan fingerprint density at radius 2 is 1.88 bits per heavy atom. The molecule has 0 unspecified atom stereocenters. The van der Waals surface area contributed by atoms with Crippen LogP contribution in [0, 0.1) is 11.6 Å². The van der Waals surface area contributed by atoms with Crippen LogP contribution in [-0.2, 0) is 14.8 Å². The SMILES string of the molecule is COc1ccc(NS(=O)(=O)c2ccc(F)c(F)c2)cc1N1CCCC1=O. The van der Waals surface area contributed by atoms with Gasteiger partial charge in [0.25, 0.3) is 10.0 Å². The second-order valence-corrected chi connectivity index (χ2v) is 7.40. The quantitative estimate of drug-likeness (QED) is 0.863. The topological polar surface area (TPSA) is 75.7 Å². The van der Waals surface area contributed by atoms with Gasteiger partial charge in [-0.2, -0.15) is 0 Å². The number of rotatable bonds is 5. The summed E-state index contributed by atoms with van der Waals surface area (Å²) in [5.41, 5.74) is 0.616. The highest BCUT2D eigenvalue weighted by Gasteiger charge is 2.25. The van der Waals surface area contributed by atoms with Crippen molar-refractivity contribution in [2.24, 2.45) is 0 Å². The number of carbonyl (C=O) groups excluding carboxylic acids is 1. The molecule has 1 aliphatic heterocycles. The standard InChI is InChI=1S/C17H16F2N2O4S/c1-25-16-7-4-11(9-15(16)21-8-2-3-17(21)22)20-26(23,24)12-5-6-13(18)14(19)10-12/h4-7,9-10,20H,2-3,8H2,1H3. The Bertz CT molecular complexity index is 963. The number of nitrogens with zero attached hydrogens (tertiary/aromatic N) is 1. The van der Waals surface area contributed by atoms with Gasteiger partial charge in [-0.15, -0.1) is 0 Å². The van der Waals surface area contributed by atoms with Crippen molar-refractivity contribution in [3.05, 3.63) is 48.0 Å². The van der Waals surface area contributed by atoms with Crippen LogP contribution in [0.1, 0.15) is 12.8 Å². The molecular formula is C17H16F2N2O4S. The second kappa shape index (κ2) is 6.91. The molecule has 0 bridgehead atoms. The molecule has 3 rings (SSSR count). The molecule has 1 aliphatic rings. The molecule has 1 heterocycles. The van der Waals surface area contributed by atoms with Crippen molar-refractivity contribution in [1.29, 1.82) is 0 Å². The van der Waals surface area contributed by atoms with Gasteiger partial charge in [-0.3, -0.25) is 9.52 Å². The lowest BCUT2D eigenvalue weighted by Crippen LogP contribution is -2.24. The van der Waals surface area contributed by atoms with Gasteiger partial charge in [-0.1, -0.05) is 0 Å². The third kappa shape index (κ3) is 3.48. The maximum Gasteiger partial charge on any atom is 0.262 e. The first-order valence-corrected chi connectivity index (χ1v) is 9.26. The number of halogens is 2. The first kappa shape index (κ1) is 18.1. The highest BCUT2D eigenvalue weighted by molar-refractivity contribution is 7.92. The molecule has 1 amide bonds. The zero-order chi connectivity index (χ0) is 18.9. The summed E-state index contributed by atoms with van der Waals surface area (Å²) in [5.74, 6) is -2.05. The number of sulfonamides is 1. The molecule has 0 spiro atoms. The predicted octanol–water partition coefficient (Wildman–Crippen LogP) is 2.90. The minimum Gasteiger partial charge on any atom is -0.495 e. The molecule has 2 aromatic rings. The molecule has 2 aromatic carbocycles. The highest BCUT2D eigenvalue weighted by atomic mass is 32.2. The summed E-state index contributed by atoms with van der Waals surface area (Å²) >= 11 is 0. The van der Waals surface area contributed by atoms with E-state index in [0.717, 1.165) is 12.1 Å². The average Bonchev–Trinajstić information content (AvgIpc) is 3.02. The first-order chi connectivity index (χ1) is 12.3. The normalized spacial score (nSPS) is 14.6. The van der Waals surface area contributed by atoms with E-state index < -0.39 is 26.6 Å². The third-order valence-electron chi connectivity index (χ3n) is 4.00. The van der Waals surface area contributed by atoms with E-state index in [1.165, 1.54) is 30.2 Å². The summed E-state index contributed by atoms with van der Waals surface area (Å²) in [6.45, 7) is 0.509. The summed E-state index contributed by atoms with van der Waals surface area (Å²) in [5, 5.41) is 0. The van der Waals surface area contributed by atoms with Crippen LogP contribution in [0.2, 0.25) is 0 Å². The molecule has 138 valence electrons. The van der Waals surface area contributed by atoms with Crippen LogP contribution in [-0.4, -0.2) is 28.0 Å². The number of hydrogen-bond donors (Lipinski definition) is 1. The summed E-state index contributed by atoms with van der Waals surface area (Å²) in [4.78, 5) is 13.1. The summed E-state index contributed by atoms with van der Waals surface area (Å²) in [7, 11) is -2.68. The predicted molar refractivity (Wildman–Crippen MR) is 91.7 cm³/mol. The summed E-state index contributed by atoms with van der Waals surface area (Å²) in [6, 6.07) is 6.78. The van der Waals surface area contributed by atoms with E-state index in [9.17, 15) is 22.0 Å². The third-order valence-corrected chi connectivity index (χ3v) is 5.38. The zero-order valence-electron chi connectivity index (χ0n) is 13.8. The molecule has 0 aromatic heterocycles. The molecule has 26 heavy (non-hydrogen) atoms. The number of methoxy groups -OCH3 is 1. The maximum atomic E-state index is 13.3. The van der Waals surface area contributed by atoms with E-state index in [1.54, 1.807) is 0 Å². The van der Waals surface area contributed by atoms with Crippen LogP contribution in [0.4, 0.5) is 20.2 Å². The van der Waals surface area contributed by atoms with Crippen molar-refractivity contribution < 1.29 is 26.7 Å². The van der Waals surface area contributed by atoms with Crippen molar-refractivity contribution in [2.45, 2.75) is 17.7 Å². The van der Waals surface area contributed by atoms with Crippen LogP contribution >= 0.6 is 0 Å². The van der Waals surface area contributed by atoms with Gasteiger partial charge in [0, 0.05) is 13.0 Å². The van der Waals surface area contributed by atoms with Crippen LogP contribution in [0.5, 0.6) is 5.75 Å². The monoisotopic (exact) mass is 382 g/mol. The second-order valence-electron chi connectivity index (χ2n) is 5.72. The number of hydrogen-bond acceptors (Lipinski definition) is 4. The largest absolute Gasteiger partial charge is 0.495 e. The Labute approximate surface area is 149 Å². The first-order valence-electron chi connectivity index (χ1n) is 7.78. The number of amides is 1. The fraction of sp³-hybridized carbons (Fsp3) is 0.235. The van der Waals surface area contributed by atoms with Crippen molar-refractivity contribution in [3.8, 4) is 5.75 Å². The van der Waals surface area contributed by atoms with Gasteiger partial charge in [0.05, 0.1) is 23.4 Å². The Kier molecular flexibility index (Phi) is 4.82. The van der Waals surface area contributed by atoms with E-state index in [4.69, 9.17) is 4.74 Å². The van der Waals surface area contributed by atoms with Gasteiger partial charge in [-0.25, -0.2) is 17.2 Å². The lowest BCUT2D eigenvalue weighted by Gasteiger charge is -2.20. The van der Waals surface area contributed by atoms with Gasteiger partial charge in [0.1, 0.15) is 5.75 Å². The summed E-state index contributed by atoms with van der Waals surface area (Å²) < 4.78 is 58.7. The zero-order valence-corrected chi connectivity index (χ0v) is 14.6. The molecule has 0 aliphatic carbocycles. The van der Waals surface area contributed by atoms with E-state index in [-0.39, 0.29) is 11.6 Å². The highest BCUT2D eigenvalue weighted by Crippen LogP contribution is 2.34. The van der Waals surface area contributed by atoms with Gasteiger partial charge < -0.3 is 9.64 Å². The molecule has 0 atom stereocenters. The van der Waals surface area contributed by atoms with E-state index in [2.05, 4.69) is 4.72 Å². The molecule has 0 radical (unpaired) electrons. The fourth-order valence-corrected chi connectivity index (χ4v) is 3.79. The van der Waals surface area contributed by atoms with Gasteiger partial charge in [-0.05, 0) is 42.8 Å². The van der Waals surface area contributed by atoms with Crippen LogP contribution in [0.25, 0.3) is 0 Å². The Balaban J connectivity index is 1.94. The molecule has 1 fully saturated rings. The van der Waals surface area contributed by atoms with Crippen LogP contribution in [0.15, 0.2) is 41.3 Å². The molecule has 1 N–H and O–H groups in total. The van der Waals surface area contributed by atoms with Crippen molar-refractivity contribution in [1.82, 2.24) is 0 Å². The molecule has 0 saturated carbocycles. The lowest BCUT2D eigenvalue weighted by molar-refractivity contribution is -0.117. The molecule has 6 nitrogen and oxygen atoms in total. The van der Waals surface area contributed by atoms with E-state index >= 15 is 0 Å². The lowest BCUT2D eigenvalue weighted by atomic mass is 10.2. The minimum atomic E-state index is -4.13. The number of ether oxygens (including phenoxy) is 1. The van der Waals surface area contributed by atoms with Crippen LogP contribution < -0.4 is 14.4 Å². The average molecular weight is 382 g/mol. The van der Waals surface area contributed by atoms with Crippen molar-refractivity contribution >= 4 is 27.3 Å². The summed E-state index contributed by atoms with van der Waals surface area (Å²) in [6.07, 6.45) is 1.11. The fourth-order valence-electron chi connectivity index (χ4n) is 2.73. The van der Waals surface area contributed by atoms with Crippen molar-refractivity contribution in [2.75, 3.05) is 23.3 Å². The number of nitrogens with one attached hydrogen (secondary N) is 1. The molecule has 1 saturated heterocycles. The van der Waals surface area contributed by atoms with E-state index in [0.29, 0.717) is 36.9 Å². The van der Waals surface area contributed by atoms with Crippen LogP contribution in [0.3, 0.4) is 0 Å². The number of carbonyl (C=O) groups is 1. The Hall–Kier alpha value is -2.68. The smallest absolute Gasteiger partial charge is 0.262 e. The number of benzene rings is 2. The van der Waals surface area contributed by atoms with Gasteiger partial charge in [0.2, 0.25) is 5.91 Å².